The number of carboxylic acid groups (broad SMARTS) is 1. The van der Waals surface area contributed by atoms with Crippen LogP contribution in [0.1, 0.15) is 5.56 Å². The molecule has 0 unspecified atom stereocenters. The maximum Gasteiger partial charge on any atom is 0.372 e. The third-order valence-electron chi connectivity index (χ3n) is 2.55. The van der Waals surface area contributed by atoms with Gasteiger partial charge in [0.2, 0.25) is 5.78 Å². The molecule has 92 valence electrons. The quantitative estimate of drug-likeness (QED) is 0.480. The number of ketones is 1. The predicted molar refractivity (Wildman–Crippen MR) is 61.3 cm³/mol. The van der Waals surface area contributed by atoms with E-state index in [-0.39, 0.29) is 17.5 Å². The number of nitrogens with one attached hydrogen (secondary N) is 1. The van der Waals surface area contributed by atoms with Gasteiger partial charge in [-0.15, -0.1) is 0 Å². The van der Waals surface area contributed by atoms with Crippen LogP contribution in [-0.2, 0) is 16.0 Å². The largest absolute Gasteiger partial charge is 0.475 e. The summed E-state index contributed by atoms with van der Waals surface area (Å²) in [6.07, 6.45) is 1.04. The minimum absolute atomic E-state index is 0.151. The van der Waals surface area contributed by atoms with Gasteiger partial charge in [-0.25, -0.2) is 4.79 Å². The molecular weight excluding hydrogens is 240 g/mol. The highest BCUT2D eigenvalue weighted by Gasteiger charge is 2.20. The molecule has 2 rings (SSSR count). The Bertz CT molecular complexity index is 658. The Kier molecular flexibility index (Phi) is 2.80. The first-order chi connectivity index (χ1) is 8.50. The molecule has 0 amide bonds. The van der Waals surface area contributed by atoms with Gasteiger partial charge in [-0.3, -0.25) is 14.9 Å². The van der Waals surface area contributed by atoms with Gasteiger partial charge in [-0.05, 0) is 11.6 Å². The maximum atomic E-state index is 11.2. The average Bonchev–Trinajstić information content (AvgIpc) is 2.72. The second-order valence-corrected chi connectivity index (χ2v) is 3.68. The molecule has 1 heterocycles. The van der Waals surface area contributed by atoms with Crippen molar-refractivity contribution in [2.45, 2.75) is 6.42 Å². The van der Waals surface area contributed by atoms with Gasteiger partial charge in [-0.1, -0.05) is 6.07 Å². The summed E-state index contributed by atoms with van der Waals surface area (Å²) in [5.74, 6) is -2.56. The summed E-state index contributed by atoms with van der Waals surface area (Å²) in [6, 6.07) is 4.45. The van der Waals surface area contributed by atoms with Gasteiger partial charge in [0.1, 0.15) is 0 Å². The maximum absolute atomic E-state index is 11.2. The Morgan fingerprint density at radius 1 is 1.39 bits per heavy atom. The van der Waals surface area contributed by atoms with E-state index in [2.05, 4.69) is 4.98 Å². The zero-order valence-electron chi connectivity index (χ0n) is 9.04. The summed E-state index contributed by atoms with van der Waals surface area (Å²) < 4.78 is 0. The molecule has 0 spiro atoms. The molecule has 2 N–H and O–H groups in total. The lowest BCUT2D eigenvalue weighted by Crippen LogP contribution is -2.14. The highest BCUT2D eigenvalue weighted by Crippen LogP contribution is 2.28. The number of rotatable bonds is 4. The van der Waals surface area contributed by atoms with Crippen molar-refractivity contribution in [1.29, 1.82) is 0 Å². The second-order valence-electron chi connectivity index (χ2n) is 3.68. The first-order valence-corrected chi connectivity index (χ1v) is 5.00. The second kappa shape index (κ2) is 4.28. The molecule has 0 aliphatic heterocycles. The highest BCUT2D eigenvalue weighted by molar-refractivity contribution is 6.33. The minimum atomic E-state index is -1.55. The van der Waals surface area contributed by atoms with Crippen molar-refractivity contribution in [1.82, 2.24) is 4.98 Å². The van der Waals surface area contributed by atoms with E-state index in [1.54, 1.807) is 6.07 Å². The molecule has 0 saturated carbocycles. The molecular formula is C11H8N2O5. The number of aromatic nitrogens is 1. The smallest absolute Gasteiger partial charge is 0.372 e. The number of carbonyl (C=O) groups excluding carboxylic acids is 1. The molecule has 0 atom stereocenters. The van der Waals surface area contributed by atoms with Crippen molar-refractivity contribution in [3.8, 4) is 0 Å². The van der Waals surface area contributed by atoms with Gasteiger partial charge in [-0.2, -0.15) is 0 Å². The van der Waals surface area contributed by atoms with Crippen LogP contribution in [0.2, 0.25) is 0 Å². The summed E-state index contributed by atoms with van der Waals surface area (Å²) in [7, 11) is 0. The van der Waals surface area contributed by atoms with Crippen molar-refractivity contribution in [3.05, 3.63) is 40.1 Å². The van der Waals surface area contributed by atoms with Gasteiger partial charge in [0, 0.05) is 18.7 Å². The van der Waals surface area contributed by atoms with E-state index in [4.69, 9.17) is 5.11 Å². The number of non-ortho nitro benzene ring substituents is 1. The number of nitro groups is 1. The number of Topliss-reactive ketones (excluding diaryl/α,β-unsaturated/α-hetero) is 1. The number of aromatic amines is 1. The van der Waals surface area contributed by atoms with Crippen LogP contribution >= 0.6 is 0 Å². The van der Waals surface area contributed by atoms with Crippen LogP contribution in [0.25, 0.3) is 10.9 Å². The monoisotopic (exact) mass is 248 g/mol. The normalized spacial score (nSPS) is 10.4. The van der Waals surface area contributed by atoms with E-state index >= 15 is 0 Å². The fraction of sp³-hybridized carbons (Fsp3) is 0.0909. The highest BCUT2D eigenvalue weighted by atomic mass is 16.6. The first-order valence-electron chi connectivity index (χ1n) is 5.00. The molecule has 0 aliphatic rings. The molecule has 7 heteroatoms. The topological polar surface area (TPSA) is 113 Å². The number of fused-ring (bicyclic) bond motifs is 1. The lowest BCUT2D eigenvalue weighted by Gasteiger charge is -1.97. The summed E-state index contributed by atoms with van der Waals surface area (Å²) >= 11 is 0. The van der Waals surface area contributed by atoms with Crippen molar-refractivity contribution in [2.24, 2.45) is 0 Å². The molecule has 0 radical (unpaired) electrons. The van der Waals surface area contributed by atoms with Crippen molar-refractivity contribution < 1.29 is 19.6 Å². The summed E-state index contributed by atoms with van der Waals surface area (Å²) in [4.78, 5) is 34.7. The van der Waals surface area contributed by atoms with Crippen LogP contribution in [0.3, 0.4) is 0 Å². The van der Waals surface area contributed by atoms with E-state index < -0.39 is 16.7 Å². The number of H-pyrrole nitrogens is 1. The number of hydrogen-bond acceptors (Lipinski definition) is 4. The van der Waals surface area contributed by atoms with Crippen LogP contribution in [0.5, 0.6) is 0 Å². The van der Waals surface area contributed by atoms with E-state index in [0.29, 0.717) is 11.1 Å². The van der Waals surface area contributed by atoms with Gasteiger partial charge >= 0.3 is 5.97 Å². The summed E-state index contributed by atoms with van der Waals surface area (Å²) in [5.41, 5.74) is 0.657. The number of nitrogens with zero attached hydrogens (tertiary/aromatic N) is 1. The standard InChI is InChI=1S/C11H8N2O5/c14-9(11(15)16)4-6-5-12-7-2-1-3-8(10(6)7)13(17)18/h1-3,5,12H,4H2,(H,15,16). The minimum Gasteiger partial charge on any atom is -0.475 e. The van der Waals surface area contributed by atoms with Crippen LogP contribution < -0.4 is 0 Å². The molecule has 0 fully saturated rings. The fourth-order valence-electron chi connectivity index (χ4n) is 1.78. The number of hydrogen-bond donors (Lipinski definition) is 2. The van der Waals surface area contributed by atoms with E-state index in [9.17, 15) is 19.7 Å². The first kappa shape index (κ1) is 11.8. The van der Waals surface area contributed by atoms with Crippen LogP contribution in [-0.4, -0.2) is 26.8 Å². The van der Waals surface area contributed by atoms with Crippen molar-refractivity contribution in [3.63, 3.8) is 0 Å². The van der Waals surface area contributed by atoms with E-state index in [1.807, 2.05) is 0 Å². The van der Waals surface area contributed by atoms with Crippen molar-refractivity contribution >= 4 is 28.3 Å². The molecule has 1 aromatic carbocycles. The Hall–Kier alpha value is -2.70. The Balaban J connectivity index is 2.55. The molecule has 0 bridgehead atoms. The Labute approximate surface area is 100 Å². The predicted octanol–water partition coefficient (Wildman–Crippen LogP) is 1.27. The average molecular weight is 248 g/mol. The molecule has 1 aromatic heterocycles. The summed E-state index contributed by atoms with van der Waals surface area (Å²) in [6.45, 7) is 0. The van der Waals surface area contributed by atoms with Gasteiger partial charge in [0.15, 0.2) is 0 Å². The van der Waals surface area contributed by atoms with Crippen LogP contribution in [0, 0.1) is 10.1 Å². The van der Waals surface area contributed by atoms with Crippen LogP contribution in [0.15, 0.2) is 24.4 Å². The third kappa shape index (κ3) is 1.93. The molecule has 18 heavy (non-hydrogen) atoms. The number of benzene rings is 1. The Morgan fingerprint density at radius 3 is 2.72 bits per heavy atom. The molecule has 2 aromatic rings. The van der Waals surface area contributed by atoms with Gasteiger partial charge < -0.3 is 10.1 Å². The zero-order valence-corrected chi connectivity index (χ0v) is 9.04. The fourth-order valence-corrected chi connectivity index (χ4v) is 1.78. The lowest BCUT2D eigenvalue weighted by atomic mass is 10.1. The van der Waals surface area contributed by atoms with Crippen LogP contribution in [0.4, 0.5) is 5.69 Å². The number of nitro benzene ring substituents is 1. The van der Waals surface area contributed by atoms with Gasteiger partial charge in [0.25, 0.3) is 5.69 Å². The molecule has 0 aliphatic carbocycles. The van der Waals surface area contributed by atoms with Crippen molar-refractivity contribution in [2.75, 3.05) is 0 Å². The van der Waals surface area contributed by atoms with E-state index in [1.165, 1.54) is 18.3 Å². The Morgan fingerprint density at radius 2 is 2.11 bits per heavy atom. The SMILES string of the molecule is O=C(O)C(=O)Cc1c[nH]c2cccc([N+](=O)[O-])c12. The van der Waals surface area contributed by atoms with Gasteiger partial charge in [0.05, 0.1) is 15.8 Å². The van der Waals surface area contributed by atoms with E-state index in [0.717, 1.165) is 0 Å². The summed E-state index contributed by atoms with van der Waals surface area (Å²) in [5, 5.41) is 19.7. The number of carbonyl (C=O) groups is 2. The molecule has 7 nitrogen and oxygen atoms in total. The lowest BCUT2D eigenvalue weighted by molar-refractivity contribution is -0.383. The third-order valence-corrected chi connectivity index (χ3v) is 2.55. The number of aliphatic carboxylic acids is 1. The molecule has 0 saturated heterocycles. The zero-order chi connectivity index (χ0) is 13.3. The number of carboxylic acids is 1.